The molecule has 0 bridgehead atoms. The van der Waals surface area contributed by atoms with Crippen LogP contribution in [0, 0.1) is 13.8 Å². The van der Waals surface area contributed by atoms with E-state index in [-0.39, 0.29) is 4.90 Å². The second-order valence-corrected chi connectivity index (χ2v) is 9.82. The van der Waals surface area contributed by atoms with Crippen molar-refractivity contribution >= 4 is 39.2 Å². The van der Waals surface area contributed by atoms with E-state index in [1.807, 2.05) is 32.2 Å². The highest BCUT2D eigenvalue weighted by atomic mass is 32.2. The maximum atomic E-state index is 13.4. The molecule has 1 heterocycles. The molecule has 1 N–H and O–H groups in total. The third-order valence-electron chi connectivity index (χ3n) is 4.60. The van der Waals surface area contributed by atoms with Gasteiger partial charge < -0.3 is 4.74 Å². The van der Waals surface area contributed by atoms with Crippen LogP contribution in [0.1, 0.15) is 22.9 Å². The molecule has 0 aliphatic heterocycles. The summed E-state index contributed by atoms with van der Waals surface area (Å²) in [6.07, 6.45) is 1.55. The molecule has 0 fully saturated rings. The summed E-state index contributed by atoms with van der Waals surface area (Å²) in [4.78, 5) is 13.6. The van der Waals surface area contributed by atoms with Gasteiger partial charge in [-0.25, -0.2) is 13.8 Å². The molecule has 1 amide bonds. The van der Waals surface area contributed by atoms with Crippen molar-refractivity contribution in [2.24, 2.45) is 5.10 Å². The predicted molar refractivity (Wildman–Crippen MR) is 128 cm³/mol. The van der Waals surface area contributed by atoms with Crippen molar-refractivity contribution < 1.29 is 17.9 Å². The molecule has 0 aliphatic rings. The molecule has 0 aliphatic carbocycles. The third kappa shape index (κ3) is 5.74. The summed E-state index contributed by atoms with van der Waals surface area (Å²) >= 11 is 1.50. The molecule has 3 aromatic rings. The van der Waals surface area contributed by atoms with E-state index in [4.69, 9.17) is 4.74 Å². The summed E-state index contributed by atoms with van der Waals surface area (Å²) in [7, 11) is -3.98. The molecule has 0 unspecified atom stereocenters. The van der Waals surface area contributed by atoms with Gasteiger partial charge in [0.15, 0.2) is 0 Å². The Bertz CT molecular complexity index is 1180. The second-order valence-electron chi connectivity index (χ2n) is 7.01. The van der Waals surface area contributed by atoms with E-state index in [0.29, 0.717) is 18.0 Å². The summed E-state index contributed by atoms with van der Waals surface area (Å²) in [6, 6.07) is 15.0. The number of carbonyl (C=O) groups is 1. The van der Waals surface area contributed by atoms with Gasteiger partial charge in [0.1, 0.15) is 12.3 Å². The zero-order valence-electron chi connectivity index (χ0n) is 18.1. The highest BCUT2D eigenvalue weighted by Gasteiger charge is 2.27. The van der Waals surface area contributed by atoms with Crippen LogP contribution in [0.2, 0.25) is 0 Å². The fraction of sp³-hybridized carbons (Fsp3) is 0.217. The number of hydrogen-bond donors (Lipinski definition) is 1. The number of hydrazone groups is 1. The van der Waals surface area contributed by atoms with Gasteiger partial charge in [0.2, 0.25) is 0 Å². The standard InChI is InChI=1S/C23H25N3O4S2/c1-4-30-20-9-7-19(8-10-20)26(32(28,29)21-11-5-17(2)6-12-21)16-23(27)25-24-15-22-18(3)13-14-31-22/h5-15H,4,16H2,1-3H3,(H,25,27)/b24-15+. The largest absolute Gasteiger partial charge is 0.494 e. The number of aryl methyl sites for hydroxylation is 2. The molecule has 1 aromatic heterocycles. The number of rotatable bonds is 9. The minimum Gasteiger partial charge on any atom is -0.494 e. The topological polar surface area (TPSA) is 88.1 Å². The average Bonchev–Trinajstić information content (AvgIpc) is 3.18. The monoisotopic (exact) mass is 471 g/mol. The molecule has 7 nitrogen and oxygen atoms in total. The first-order valence-electron chi connectivity index (χ1n) is 9.99. The normalized spacial score (nSPS) is 11.5. The first kappa shape index (κ1) is 23.5. The molecular formula is C23H25N3O4S2. The van der Waals surface area contributed by atoms with Gasteiger partial charge in [-0.1, -0.05) is 17.7 Å². The van der Waals surface area contributed by atoms with E-state index in [2.05, 4.69) is 10.5 Å². The van der Waals surface area contributed by atoms with Crippen molar-refractivity contribution in [3.8, 4) is 5.75 Å². The number of hydrogen-bond acceptors (Lipinski definition) is 6. The van der Waals surface area contributed by atoms with Gasteiger partial charge in [-0.05, 0) is 74.2 Å². The summed E-state index contributed by atoms with van der Waals surface area (Å²) in [5.74, 6) is 0.0596. The predicted octanol–water partition coefficient (Wildman–Crippen LogP) is 4.11. The molecule has 3 rings (SSSR count). The van der Waals surface area contributed by atoms with Crippen LogP contribution in [-0.4, -0.2) is 33.7 Å². The molecule has 0 radical (unpaired) electrons. The Kier molecular flexibility index (Phi) is 7.66. The zero-order chi connectivity index (χ0) is 23.1. The molecule has 2 aromatic carbocycles. The van der Waals surface area contributed by atoms with Crippen LogP contribution >= 0.6 is 11.3 Å². The summed E-state index contributed by atoms with van der Waals surface area (Å²) in [6.45, 7) is 5.76. The molecule has 0 saturated carbocycles. The van der Waals surface area contributed by atoms with Crippen molar-refractivity contribution in [1.29, 1.82) is 0 Å². The molecular weight excluding hydrogens is 446 g/mol. The first-order chi connectivity index (χ1) is 15.3. The van der Waals surface area contributed by atoms with Crippen LogP contribution in [0.15, 0.2) is 70.0 Å². The minimum atomic E-state index is -3.98. The Labute approximate surface area is 192 Å². The molecule has 0 atom stereocenters. The lowest BCUT2D eigenvalue weighted by Gasteiger charge is -2.24. The van der Waals surface area contributed by atoms with Crippen molar-refractivity contribution in [3.05, 3.63) is 76.0 Å². The van der Waals surface area contributed by atoms with Gasteiger partial charge >= 0.3 is 0 Å². The molecule has 0 saturated heterocycles. The van der Waals surface area contributed by atoms with E-state index in [1.165, 1.54) is 23.5 Å². The van der Waals surface area contributed by atoms with E-state index >= 15 is 0 Å². The molecule has 0 spiro atoms. The Balaban J connectivity index is 1.86. The Morgan fingerprint density at radius 2 is 1.78 bits per heavy atom. The number of ether oxygens (including phenoxy) is 1. The van der Waals surface area contributed by atoms with Gasteiger partial charge in [0, 0.05) is 4.88 Å². The van der Waals surface area contributed by atoms with Crippen molar-refractivity contribution in [1.82, 2.24) is 5.43 Å². The quantitative estimate of drug-likeness (QED) is 0.376. The SMILES string of the molecule is CCOc1ccc(N(CC(=O)N/N=C/c2sccc2C)S(=O)(=O)c2ccc(C)cc2)cc1. The van der Waals surface area contributed by atoms with Crippen LogP contribution in [0.25, 0.3) is 0 Å². The summed E-state index contributed by atoms with van der Waals surface area (Å²) in [5.41, 5.74) is 4.75. The number of thiophene rings is 1. The number of nitrogens with zero attached hydrogens (tertiary/aromatic N) is 2. The lowest BCUT2D eigenvalue weighted by Crippen LogP contribution is -2.39. The minimum absolute atomic E-state index is 0.0995. The Morgan fingerprint density at radius 1 is 1.09 bits per heavy atom. The van der Waals surface area contributed by atoms with Crippen LogP contribution < -0.4 is 14.5 Å². The van der Waals surface area contributed by atoms with Gasteiger partial charge in [-0.2, -0.15) is 5.10 Å². The molecule has 9 heteroatoms. The maximum Gasteiger partial charge on any atom is 0.264 e. The van der Waals surface area contributed by atoms with E-state index < -0.39 is 22.5 Å². The van der Waals surface area contributed by atoms with Gasteiger partial charge in [0.25, 0.3) is 15.9 Å². The van der Waals surface area contributed by atoms with E-state index in [0.717, 1.165) is 20.3 Å². The van der Waals surface area contributed by atoms with Crippen LogP contribution in [0.5, 0.6) is 5.75 Å². The number of carbonyl (C=O) groups excluding carboxylic acids is 1. The maximum absolute atomic E-state index is 13.4. The Morgan fingerprint density at radius 3 is 2.38 bits per heavy atom. The van der Waals surface area contributed by atoms with Gasteiger partial charge in [-0.3, -0.25) is 9.10 Å². The van der Waals surface area contributed by atoms with Crippen LogP contribution in [0.4, 0.5) is 5.69 Å². The van der Waals surface area contributed by atoms with Crippen molar-refractivity contribution in [3.63, 3.8) is 0 Å². The number of nitrogens with one attached hydrogen (secondary N) is 1. The number of benzene rings is 2. The van der Waals surface area contributed by atoms with Crippen molar-refractivity contribution in [2.45, 2.75) is 25.7 Å². The summed E-state index contributed by atoms with van der Waals surface area (Å²) < 4.78 is 33.2. The second kappa shape index (κ2) is 10.4. The van der Waals surface area contributed by atoms with Crippen LogP contribution in [0.3, 0.4) is 0 Å². The van der Waals surface area contributed by atoms with Crippen molar-refractivity contribution in [2.75, 3.05) is 17.5 Å². The first-order valence-corrected chi connectivity index (χ1v) is 12.3. The van der Waals surface area contributed by atoms with E-state index in [9.17, 15) is 13.2 Å². The molecule has 32 heavy (non-hydrogen) atoms. The van der Waals surface area contributed by atoms with Gasteiger partial charge in [0.05, 0.1) is 23.4 Å². The Hall–Kier alpha value is -3.17. The van der Waals surface area contributed by atoms with Gasteiger partial charge in [-0.15, -0.1) is 11.3 Å². The third-order valence-corrected chi connectivity index (χ3v) is 7.35. The number of amides is 1. The van der Waals surface area contributed by atoms with E-state index in [1.54, 1.807) is 42.6 Å². The lowest BCUT2D eigenvalue weighted by molar-refractivity contribution is -0.119. The lowest BCUT2D eigenvalue weighted by atomic mass is 10.2. The summed E-state index contributed by atoms with van der Waals surface area (Å²) in [5, 5.41) is 5.90. The van der Waals surface area contributed by atoms with Crippen LogP contribution in [-0.2, 0) is 14.8 Å². The fourth-order valence-corrected chi connectivity index (χ4v) is 5.08. The molecule has 168 valence electrons. The fourth-order valence-electron chi connectivity index (χ4n) is 2.87. The highest BCUT2D eigenvalue weighted by molar-refractivity contribution is 7.92. The highest BCUT2D eigenvalue weighted by Crippen LogP contribution is 2.26. The number of anilines is 1. The average molecular weight is 472 g/mol. The number of sulfonamides is 1. The zero-order valence-corrected chi connectivity index (χ0v) is 19.7. The smallest absolute Gasteiger partial charge is 0.264 e.